The van der Waals surface area contributed by atoms with Crippen molar-refractivity contribution in [2.75, 3.05) is 20.8 Å². The SMILES string of the molecule is CCOc1cccc(-c2nc3ncc(Cl)nc3n2-c2c(OC)cccc2OC)n1. The van der Waals surface area contributed by atoms with Crippen LogP contribution in [0, 0.1) is 0 Å². The summed E-state index contributed by atoms with van der Waals surface area (Å²) in [5.41, 5.74) is 2.08. The van der Waals surface area contributed by atoms with Crippen molar-refractivity contribution in [1.29, 1.82) is 0 Å². The maximum absolute atomic E-state index is 6.13. The number of rotatable bonds is 6. The molecule has 0 atom stereocenters. The van der Waals surface area contributed by atoms with Crippen molar-refractivity contribution in [3.05, 3.63) is 47.7 Å². The minimum absolute atomic E-state index is 0.245. The van der Waals surface area contributed by atoms with Crippen LogP contribution in [0.3, 0.4) is 0 Å². The maximum atomic E-state index is 6.13. The lowest BCUT2D eigenvalue weighted by Gasteiger charge is -2.16. The standard InChI is InChI=1S/C20H18ClN5O3/c1-4-29-16-10-5-7-12(23-16)19-25-18-20(24-15(21)11-22-18)26(19)17-13(27-2)8-6-9-14(17)28-3/h5-11H,4H2,1-3H3. The molecule has 4 rings (SSSR count). The van der Waals surface area contributed by atoms with Gasteiger partial charge in [0.15, 0.2) is 17.1 Å². The third-order valence-electron chi connectivity index (χ3n) is 4.21. The van der Waals surface area contributed by atoms with Crippen LogP contribution >= 0.6 is 11.6 Å². The van der Waals surface area contributed by atoms with E-state index in [1.807, 2.05) is 37.3 Å². The number of ether oxygens (including phenoxy) is 3. The van der Waals surface area contributed by atoms with Gasteiger partial charge in [0.2, 0.25) is 5.88 Å². The number of fused-ring (bicyclic) bond motifs is 1. The summed E-state index contributed by atoms with van der Waals surface area (Å²) in [4.78, 5) is 18.0. The second-order valence-corrected chi connectivity index (χ2v) is 6.30. The van der Waals surface area contributed by atoms with Crippen molar-refractivity contribution in [3.8, 4) is 34.6 Å². The molecule has 0 saturated heterocycles. The molecular formula is C20H18ClN5O3. The maximum Gasteiger partial charge on any atom is 0.213 e. The van der Waals surface area contributed by atoms with E-state index in [0.29, 0.717) is 52.5 Å². The summed E-state index contributed by atoms with van der Waals surface area (Å²) in [5.74, 6) is 2.15. The van der Waals surface area contributed by atoms with Gasteiger partial charge in [0.1, 0.15) is 28.0 Å². The second kappa shape index (κ2) is 7.92. The van der Waals surface area contributed by atoms with Gasteiger partial charge in [0.25, 0.3) is 0 Å². The fraction of sp³-hybridized carbons (Fsp3) is 0.200. The van der Waals surface area contributed by atoms with Gasteiger partial charge in [-0.2, -0.15) is 0 Å². The van der Waals surface area contributed by atoms with Gasteiger partial charge in [-0.25, -0.2) is 19.9 Å². The summed E-state index contributed by atoms with van der Waals surface area (Å²) >= 11 is 6.13. The Hall–Kier alpha value is -3.39. The molecule has 0 aliphatic rings. The van der Waals surface area contributed by atoms with E-state index < -0.39 is 0 Å². The van der Waals surface area contributed by atoms with Crippen molar-refractivity contribution >= 4 is 22.9 Å². The molecule has 0 N–H and O–H groups in total. The highest BCUT2D eigenvalue weighted by Gasteiger charge is 2.23. The highest BCUT2D eigenvalue weighted by atomic mass is 35.5. The van der Waals surface area contributed by atoms with Crippen LogP contribution in [-0.4, -0.2) is 45.3 Å². The van der Waals surface area contributed by atoms with Crippen molar-refractivity contribution < 1.29 is 14.2 Å². The van der Waals surface area contributed by atoms with Crippen LogP contribution < -0.4 is 14.2 Å². The number of benzene rings is 1. The summed E-state index contributed by atoms with van der Waals surface area (Å²) in [5, 5.41) is 0.245. The van der Waals surface area contributed by atoms with Crippen molar-refractivity contribution in [3.63, 3.8) is 0 Å². The number of hydrogen-bond acceptors (Lipinski definition) is 7. The van der Waals surface area contributed by atoms with E-state index in [1.165, 1.54) is 6.20 Å². The molecule has 3 aromatic heterocycles. The van der Waals surface area contributed by atoms with Gasteiger partial charge in [-0.3, -0.25) is 4.57 Å². The number of imidazole rings is 1. The molecule has 148 valence electrons. The molecule has 1 aromatic carbocycles. The zero-order chi connectivity index (χ0) is 20.4. The summed E-state index contributed by atoms with van der Waals surface area (Å²) in [7, 11) is 3.17. The minimum atomic E-state index is 0.245. The average Bonchev–Trinajstić information content (AvgIpc) is 3.11. The van der Waals surface area contributed by atoms with Gasteiger partial charge in [0.05, 0.1) is 27.0 Å². The van der Waals surface area contributed by atoms with Gasteiger partial charge in [-0.05, 0) is 25.1 Å². The van der Waals surface area contributed by atoms with Crippen LogP contribution in [0.15, 0.2) is 42.6 Å². The lowest BCUT2D eigenvalue weighted by atomic mass is 10.2. The molecule has 29 heavy (non-hydrogen) atoms. The lowest BCUT2D eigenvalue weighted by molar-refractivity contribution is 0.327. The Bertz CT molecular complexity index is 1160. The molecule has 0 fully saturated rings. The first-order chi connectivity index (χ1) is 14.2. The Labute approximate surface area is 172 Å². The largest absolute Gasteiger partial charge is 0.494 e. The highest BCUT2D eigenvalue weighted by molar-refractivity contribution is 6.29. The predicted molar refractivity (Wildman–Crippen MR) is 109 cm³/mol. The topological polar surface area (TPSA) is 84.2 Å². The molecule has 0 spiro atoms. The minimum Gasteiger partial charge on any atom is -0.494 e. The quantitative estimate of drug-likeness (QED) is 0.475. The molecule has 9 heteroatoms. The predicted octanol–water partition coefficient (Wildman–Crippen LogP) is 3.95. The molecule has 0 aliphatic carbocycles. The first-order valence-electron chi connectivity index (χ1n) is 8.88. The van der Waals surface area contributed by atoms with Gasteiger partial charge in [-0.15, -0.1) is 0 Å². The van der Waals surface area contributed by atoms with Gasteiger partial charge in [0, 0.05) is 6.07 Å². The summed E-state index contributed by atoms with van der Waals surface area (Å²) in [6.07, 6.45) is 1.45. The number of pyridine rings is 1. The Morgan fingerprint density at radius 2 is 1.69 bits per heavy atom. The fourth-order valence-corrected chi connectivity index (χ4v) is 3.16. The number of methoxy groups -OCH3 is 2. The highest BCUT2D eigenvalue weighted by Crippen LogP contribution is 2.37. The summed E-state index contributed by atoms with van der Waals surface area (Å²) < 4.78 is 18.5. The fourth-order valence-electron chi connectivity index (χ4n) is 3.03. The molecule has 0 unspecified atom stereocenters. The van der Waals surface area contributed by atoms with Crippen molar-refractivity contribution in [1.82, 2.24) is 24.5 Å². The Kier molecular flexibility index (Phi) is 5.18. The number of para-hydroxylation sites is 1. The Balaban J connectivity index is 2.07. The first-order valence-corrected chi connectivity index (χ1v) is 9.26. The third-order valence-corrected chi connectivity index (χ3v) is 4.39. The molecule has 8 nitrogen and oxygen atoms in total. The molecule has 3 heterocycles. The van der Waals surface area contributed by atoms with Crippen LogP contribution in [-0.2, 0) is 0 Å². The van der Waals surface area contributed by atoms with Crippen LogP contribution in [0.25, 0.3) is 28.5 Å². The van der Waals surface area contributed by atoms with E-state index in [2.05, 4.69) is 19.9 Å². The molecule has 0 radical (unpaired) electrons. The van der Waals surface area contributed by atoms with E-state index in [0.717, 1.165) is 0 Å². The van der Waals surface area contributed by atoms with Crippen molar-refractivity contribution in [2.45, 2.75) is 6.92 Å². The molecular weight excluding hydrogens is 394 g/mol. The van der Waals surface area contributed by atoms with E-state index in [-0.39, 0.29) is 5.15 Å². The molecule has 0 saturated carbocycles. The smallest absolute Gasteiger partial charge is 0.213 e. The van der Waals surface area contributed by atoms with E-state index in [1.54, 1.807) is 24.9 Å². The average molecular weight is 412 g/mol. The van der Waals surface area contributed by atoms with Crippen LogP contribution in [0.5, 0.6) is 17.4 Å². The normalized spacial score (nSPS) is 10.9. The second-order valence-electron chi connectivity index (χ2n) is 5.92. The zero-order valence-corrected chi connectivity index (χ0v) is 16.8. The van der Waals surface area contributed by atoms with Gasteiger partial charge < -0.3 is 14.2 Å². The lowest BCUT2D eigenvalue weighted by Crippen LogP contribution is -2.05. The molecule has 0 aliphatic heterocycles. The zero-order valence-electron chi connectivity index (χ0n) is 16.1. The molecule has 4 aromatic rings. The van der Waals surface area contributed by atoms with Gasteiger partial charge in [-0.1, -0.05) is 23.7 Å². The van der Waals surface area contributed by atoms with E-state index in [4.69, 9.17) is 25.8 Å². The monoisotopic (exact) mass is 411 g/mol. The van der Waals surface area contributed by atoms with Crippen LogP contribution in [0.2, 0.25) is 5.15 Å². The van der Waals surface area contributed by atoms with E-state index in [9.17, 15) is 0 Å². The Morgan fingerprint density at radius 3 is 2.38 bits per heavy atom. The number of aromatic nitrogens is 5. The van der Waals surface area contributed by atoms with E-state index >= 15 is 0 Å². The molecule has 0 amide bonds. The van der Waals surface area contributed by atoms with Crippen LogP contribution in [0.4, 0.5) is 0 Å². The first kappa shape index (κ1) is 18.9. The number of halogens is 1. The number of nitrogens with zero attached hydrogens (tertiary/aromatic N) is 5. The third kappa shape index (κ3) is 3.42. The molecule has 0 bridgehead atoms. The summed E-state index contributed by atoms with van der Waals surface area (Å²) in [6, 6.07) is 11.0. The van der Waals surface area contributed by atoms with Crippen LogP contribution in [0.1, 0.15) is 6.92 Å². The summed E-state index contributed by atoms with van der Waals surface area (Å²) in [6.45, 7) is 2.41. The van der Waals surface area contributed by atoms with Gasteiger partial charge >= 0.3 is 0 Å². The Morgan fingerprint density at radius 1 is 0.966 bits per heavy atom. The number of hydrogen-bond donors (Lipinski definition) is 0. The van der Waals surface area contributed by atoms with Crippen molar-refractivity contribution in [2.24, 2.45) is 0 Å².